The zero-order chi connectivity index (χ0) is 21.8. The van der Waals surface area contributed by atoms with Crippen molar-refractivity contribution in [2.45, 2.75) is 37.8 Å². The molecule has 2 heterocycles. The van der Waals surface area contributed by atoms with Crippen molar-refractivity contribution < 1.29 is 14.7 Å². The van der Waals surface area contributed by atoms with E-state index in [2.05, 4.69) is 20.7 Å². The number of fused-ring (bicyclic) bond motifs is 1. The molecule has 0 bridgehead atoms. The first-order valence-electron chi connectivity index (χ1n) is 10.0. The van der Waals surface area contributed by atoms with E-state index in [9.17, 15) is 14.7 Å². The Morgan fingerprint density at radius 2 is 1.87 bits per heavy atom. The summed E-state index contributed by atoms with van der Waals surface area (Å²) < 4.78 is 1.73. The zero-order valence-corrected chi connectivity index (χ0v) is 17.4. The van der Waals surface area contributed by atoms with E-state index in [-0.39, 0.29) is 43.2 Å². The number of hydrogen-bond donors (Lipinski definition) is 2. The number of rotatable bonds is 7. The van der Waals surface area contributed by atoms with Crippen molar-refractivity contribution in [2.75, 3.05) is 10.6 Å². The molecular formula is C22H21ClN5O3-. The number of carboxylic acids is 1. The Hall–Kier alpha value is -3.39. The van der Waals surface area contributed by atoms with Crippen LogP contribution in [0.25, 0.3) is 0 Å². The van der Waals surface area contributed by atoms with Crippen LogP contribution in [-0.4, -0.2) is 26.6 Å². The Morgan fingerprint density at radius 3 is 2.61 bits per heavy atom. The second-order valence-corrected chi connectivity index (χ2v) is 7.77. The van der Waals surface area contributed by atoms with Crippen molar-refractivity contribution in [2.24, 2.45) is 0 Å². The average Bonchev–Trinajstić information content (AvgIpc) is 3.16. The van der Waals surface area contributed by atoms with Crippen molar-refractivity contribution in [1.82, 2.24) is 14.8 Å². The van der Waals surface area contributed by atoms with E-state index in [4.69, 9.17) is 11.6 Å². The Kier molecular flexibility index (Phi) is 6.18. The van der Waals surface area contributed by atoms with Gasteiger partial charge in [-0.1, -0.05) is 60.1 Å². The first kappa shape index (κ1) is 20.9. The Morgan fingerprint density at radius 1 is 1.13 bits per heavy atom. The number of anilines is 2. The molecule has 0 fully saturated rings. The molecule has 3 aromatic rings. The molecule has 0 saturated heterocycles. The fraction of sp³-hybridized carbons (Fsp3) is 0.273. The first-order chi connectivity index (χ1) is 15.0. The third-order valence-electron chi connectivity index (χ3n) is 5.19. The predicted octanol–water partition coefficient (Wildman–Crippen LogP) is 2.94. The number of aromatic nitrogens is 3. The van der Waals surface area contributed by atoms with E-state index >= 15 is 0 Å². The van der Waals surface area contributed by atoms with Crippen molar-refractivity contribution in [3.8, 4) is 0 Å². The van der Waals surface area contributed by atoms with Crippen LogP contribution in [0, 0.1) is 0 Å². The standard InChI is InChI=1S/C22H22ClN5O3/c23-16-10-5-4-9-15(16)18-13-17(14-7-2-1-3-8-14)24-22-26-21(27-28(18)22)25-19(29)11-6-12-20(30)31/h1-5,7-10,17-18H,6,11-13H2,(H,30,31)(H2,24,25,26,27,29)/p-1/t17-,18-/m1/s1. The SMILES string of the molecule is O=C([O-])CCCC(=O)Nc1nc2n(n1)[C@@H](c1ccccc1Cl)C[C@H](c1ccccc1)N2. The summed E-state index contributed by atoms with van der Waals surface area (Å²) >= 11 is 6.49. The van der Waals surface area contributed by atoms with Gasteiger partial charge in [-0.25, -0.2) is 4.68 Å². The lowest BCUT2D eigenvalue weighted by atomic mass is 9.93. The van der Waals surface area contributed by atoms with Crippen LogP contribution in [0.4, 0.5) is 11.9 Å². The maximum Gasteiger partial charge on any atom is 0.250 e. The van der Waals surface area contributed by atoms with Gasteiger partial charge < -0.3 is 15.2 Å². The maximum atomic E-state index is 12.1. The van der Waals surface area contributed by atoms with Crippen LogP contribution in [0.2, 0.25) is 5.02 Å². The lowest BCUT2D eigenvalue weighted by Gasteiger charge is -2.32. The van der Waals surface area contributed by atoms with Crippen LogP contribution in [0.3, 0.4) is 0 Å². The number of benzene rings is 2. The number of halogens is 1. The van der Waals surface area contributed by atoms with Crippen molar-refractivity contribution in [1.29, 1.82) is 0 Å². The fourth-order valence-corrected chi connectivity index (χ4v) is 3.98. The number of nitrogens with one attached hydrogen (secondary N) is 2. The minimum atomic E-state index is -1.18. The summed E-state index contributed by atoms with van der Waals surface area (Å²) in [4.78, 5) is 27.1. The fourth-order valence-electron chi connectivity index (χ4n) is 3.72. The zero-order valence-electron chi connectivity index (χ0n) is 16.6. The number of carbonyl (C=O) groups excluding carboxylic acids is 2. The van der Waals surface area contributed by atoms with Gasteiger partial charge in [0.1, 0.15) is 0 Å². The molecule has 0 unspecified atom stereocenters. The molecule has 2 atom stereocenters. The number of carboxylic acid groups (broad SMARTS) is 1. The predicted molar refractivity (Wildman–Crippen MR) is 115 cm³/mol. The van der Waals surface area contributed by atoms with Crippen molar-refractivity contribution in [3.63, 3.8) is 0 Å². The summed E-state index contributed by atoms with van der Waals surface area (Å²) in [6.07, 6.45) is 0.767. The highest BCUT2D eigenvalue weighted by molar-refractivity contribution is 6.31. The molecule has 2 aromatic carbocycles. The van der Waals surface area contributed by atoms with Gasteiger partial charge in [0.2, 0.25) is 11.9 Å². The molecule has 0 aliphatic carbocycles. The highest BCUT2D eigenvalue weighted by atomic mass is 35.5. The molecule has 1 aliphatic heterocycles. The van der Waals surface area contributed by atoms with Gasteiger partial charge in [0.25, 0.3) is 5.95 Å². The normalized spacial score (nSPS) is 17.5. The van der Waals surface area contributed by atoms with Crippen LogP contribution in [0.5, 0.6) is 0 Å². The molecule has 8 nitrogen and oxygen atoms in total. The van der Waals surface area contributed by atoms with E-state index in [0.717, 1.165) is 11.1 Å². The molecule has 1 aromatic heterocycles. The maximum absolute atomic E-state index is 12.1. The molecule has 160 valence electrons. The lowest BCUT2D eigenvalue weighted by Crippen LogP contribution is -2.28. The topological polar surface area (TPSA) is 112 Å². The van der Waals surface area contributed by atoms with Gasteiger partial charge in [-0.3, -0.25) is 10.1 Å². The van der Waals surface area contributed by atoms with E-state index in [1.165, 1.54) is 0 Å². The third-order valence-corrected chi connectivity index (χ3v) is 5.54. The van der Waals surface area contributed by atoms with Gasteiger partial charge >= 0.3 is 0 Å². The summed E-state index contributed by atoms with van der Waals surface area (Å²) in [5.74, 6) is -0.845. The number of nitrogens with zero attached hydrogens (tertiary/aromatic N) is 3. The molecule has 9 heteroatoms. The summed E-state index contributed by atoms with van der Waals surface area (Å²) in [5.41, 5.74) is 2.03. The number of aliphatic carboxylic acids is 1. The van der Waals surface area contributed by atoms with E-state index in [1.54, 1.807) is 4.68 Å². The summed E-state index contributed by atoms with van der Waals surface area (Å²) in [5, 5.41) is 21.7. The van der Waals surface area contributed by atoms with Gasteiger partial charge in [-0.2, -0.15) is 4.98 Å². The average molecular weight is 439 g/mol. The minimum absolute atomic E-state index is 0.00853. The minimum Gasteiger partial charge on any atom is -0.550 e. The highest BCUT2D eigenvalue weighted by Gasteiger charge is 2.32. The summed E-state index contributed by atoms with van der Waals surface area (Å²) in [7, 11) is 0. The van der Waals surface area contributed by atoms with Crippen LogP contribution >= 0.6 is 11.6 Å². The van der Waals surface area contributed by atoms with Crippen LogP contribution < -0.4 is 15.7 Å². The van der Waals surface area contributed by atoms with E-state index in [0.29, 0.717) is 17.4 Å². The number of amides is 1. The van der Waals surface area contributed by atoms with Crippen molar-refractivity contribution in [3.05, 3.63) is 70.7 Å². The molecule has 0 saturated carbocycles. The van der Waals surface area contributed by atoms with Crippen LogP contribution in [0.1, 0.15) is 48.9 Å². The molecular weight excluding hydrogens is 418 g/mol. The van der Waals surface area contributed by atoms with Gasteiger partial charge in [0.05, 0.1) is 12.1 Å². The molecule has 1 amide bonds. The molecule has 1 aliphatic rings. The van der Waals surface area contributed by atoms with Gasteiger partial charge in [0.15, 0.2) is 0 Å². The molecule has 0 radical (unpaired) electrons. The van der Waals surface area contributed by atoms with Gasteiger partial charge in [0, 0.05) is 17.4 Å². The van der Waals surface area contributed by atoms with Gasteiger partial charge in [-0.05, 0) is 36.5 Å². The van der Waals surface area contributed by atoms with Crippen LogP contribution in [0.15, 0.2) is 54.6 Å². The van der Waals surface area contributed by atoms with Crippen molar-refractivity contribution >= 4 is 35.4 Å². The lowest BCUT2D eigenvalue weighted by molar-refractivity contribution is -0.305. The summed E-state index contributed by atoms with van der Waals surface area (Å²) in [6.45, 7) is 0. The molecule has 0 spiro atoms. The van der Waals surface area contributed by atoms with Crippen LogP contribution in [-0.2, 0) is 9.59 Å². The number of hydrogen-bond acceptors (Lipinski definition) is 6. The Labute approximate surface area is 184 Å². The Balaban J connectivity index is 1.61. The quantitative estimate of drug-likeness (QED) is 0.586. The first-order valence-corrected chi connectivity index (χ1v) is 10.4. The smallest absolute Gasteiger partial charge is 0.250 e. The second-order valence-electron chi connectivity index (χ2n) is 7.36. The van der Waals surface area contributed by atoms with E-state index in [1.807, 2.05) is 54.6 Å². The highest BCUT2D eigenvalue weighted by Crippen LogP contribution is 2.40. The monoisotopic (exact) mass is 438 g/mol. The largest absolute Gasteiger partial charge is 0.550 e. The van der Waals surface area contributed by atoms with E-state index < -0.39 is 5.97 Å². The second kappa shape index (κ2) is 9.18. The van der Waals surface area contributed by atoms with Gasteiger partial charge in [-0.15, -0.1) is 5.10 Å². The Bertz CT molecular complexity index is 1090. The molecule has 2 N–H and O–H groups in total. The molecule has 31 heavy (non-hydrogen) atoms. The third kappa shape index (κ3) is 4.86. The summed E-state index contributed by atoms with van der Waals surface area (Å²) in [6, 6.07) is 17.5. The molecule has 4 rings (SSSR count). The number of carbonyl (C=O) groups is 2.